The smallest absolute Gasteiger partial charge is 0.331 e. The molecule has 0 spiro atoms. The lowest BCUT2D eigenvalue weighted by atomic mass is 10.1. The average Bonchev–Trinajstić information content (AvgIpc) is 2.97. The molecule has 1 atom stereocenters. The van der Waals surface area contributed by atoms with Crippen LogP contribution in [0.1, 0.15) is 32.3 Å². The van der Waals surface area contributed by atoms with Crippen LogP contribution in [0.3, 0.4) is 0 Å². The van der Waals surface area contributed by atoms with Crippen molar-refractivity contribution < 1.29 is 0 Å². The number of rotatable bonds is 3. The summed E-state index contributed by atoms with van der Waals surface area (Å²) >= 11 is 0. The molecule has 144 valence electrons. The van der Waals surface area contributed by atoms with Crippen molar-refractivity contribution in [3.8, 4) is 6.07 Å². The first-order valence-electron chi connectivity index (χ1n) is 9.14. The van der Waals surface area contributed by atoms with Crippen molar-refractivity contribution in [2.24, 2.45) is 19.8 Å². The zero-order valence-electron chi connectivity index (χ0n) is 16.3. The molecule has 1 unspecified atom stereocenters. The van der Waals surface area contributed by atoms with Crippen molar-refractivity contribution in [2.45, 2.75) is 39.3 Å². The molecule has 2 N–H and O–H groups in total. The van der Waals surface area contributed by atoms with Crippen LogP contribution in [0, 0.1) is 11.3 Å². The highest BCUT2D eigenvalue weighted by Gasteiger charge is 2.29. The van der Waals surface area contributed by atoms with Crippen molar-refractivity contribution >= 4 is 16.9 Å². The summed E-state index contributed by atoms with van der Waals surface area (Å²) < 4.78 is 4.34. The van der Waals surface area contributed by atoms with E-state index in [0.29, 0.717) is 35.5 Å². The van der Waals surface area contributed by atoms with Gasteiger partial charge in [0.15, 0.2) is 0 Å². The van der Waals surface area contributed by atoms with Gasteiger partial charge in [-0.15, -0.1) is 0 Å². The Morgan fingerprint density at radius 3 is 2.56 bits per heavy atom. The standard InChI is InChI=1S/C19H26N6O2/c1-12(2)7-9-25-16-15(22(3)19(27)23(4)18(16)26)14(10-20)17(25)24-8-5-6-13(21)11-24/h7,13H,5-6,8-9,11,21H2,1-4H3. The van der Waals surface area contributed by atoms with E-state index < -0.39 is 5.69 Å². The number of anilines is 1. The number of nitriles is 1. The Hall–Kier alpha value is -2.79. The SMILES string of the molecule is CC(C)=CCn1c(N2CCCC(N)C2)c(C#N)c2c1c(=O)n(C)c(=O)n2C. The van der Waals surface area contributed by atoms with Crippen LogP contribution in [-0.2, 0) is 20.6 Å². The third kappa shape index (κ3) is 3.08. The minimum atomic E-state index is -0.440. The maximum Gasteiger partial charge on any atom is 0.331 e. The van der Waals surface area contributed by atoms with Crippen LogP contribution in [0.2, 0.25) is 0 Å². The number of piperidine rings is 1. The van der Waals surface area contributed by atoms with Gasteiger partial charge in [-0.3, -0.25) is 13.9 Å². The summed E-state index contributed by atoms with van der Waals surface area (Å²) in [6, 6.07) is 2.26. The molecule has 3 heterocycles. The Morgan fingerprint density at radius 1 is 1.26 bits per heavy atom. The number of hydrogen-bond donors (Lipinski definition) is 1. The molecule has 0 bridgehead atoms. The minimum absolute atomic E-state index is 0.0202. The number of nitrogens with two attached hydrogens (primary N) is 1. The van der Waals surface area contributed by atoms with Gasteiger partial charge in [0.1, 0.15) is 23.0 Å². The molecule has 0 aliphatic carbocycles. The lowest BCUT2D eigenvalue weighted by molar-refractivity contribution is 0.499. The highest BCUT2D eigenvalue weighted by atomic mass is 16.2. The summed E-state index contributed by atoms with van der Waals surface area (Å²) in [6.07, 6.45) is 3.87. The highest BCUT2D eigenvalue weighted by Crippen LogP contribution is 2.32. The first kappa shape index (κ1) is 19.0. The van der Waals surface area contributed by atoms with Gasteiger partial charge < -0.3 is 15.2 Å². The van der Waals surface area contributed by atoms with E-state index in [1.54, 1.807) is 7.05 Å². The second kappa shape index (κ2) is 7.08. The largest absolute Gasteiger partial charge is 0.355 e. The molecular formula is C19H26N6O2. The number of fused-ring (bicyclic) bond motifs is 1. The van der Waals surface area contributed by atoms with E-state index >= 15 is 0 Å². The van der Waals surface area contributed by atoms with Gasteiger partial charge in [-0.1, -0.05) is 11.6 Å². The van der Waals surface area contributed by atoms with Gasteiger partial charge in [-0.2, -0.15) is 5.26 Å². The fraction of sp³-hybridized carbons (Fsp3) is 0.526. The van der Waals surface area contributed by atoms with Crippen LogP contribution >= 0.6 is 0 Å². The normalized spacial score (nSPS) is 17.2. The lowest BCUT2D eigenvalue weighted by Gasteiger charge is -2.33. The van der Waals surface area contributed by atoms with Crippen LogP contribution in [0.5, 0.6) is 0 Å². The molecule has 8 heteroatoms. The maximum absolute atomic E-state index is 13.0. The zero-order chi connectivity index (χ0) is 19.9. The number of aryl methyl sites for hydroxylation is 1. The van der Waals surface area contributed by atoms with Gasteiger partial charge in [0, 0.05) is 39.8 Å². The van der Waals surface area contributed by atoms with E-state index in [0.717, 1.165) is 29.5 Å². The monoisotopic (exact) mass is 370 g/mol. The number of hydrogen-bond acceptors (Lipinski definition) is 5. The molecule has 2 aromatic rings. The van der Waals surface area contributed by atoms with Gasteiger partial charge in [-0.25, -0.2) is 4.79 Å². The molecule has 2 aromatic heterocycles. The van der Waals surface area contributed by atoms with Crippen molar-refractivity contribution in [2.75, 3.05) is 18.0 Å². The second-order valence-electron chi connectivity index (χ2n) is 7.45. The lowest BCUT2D eigenvalue weighted by Crippen LogP contribution is -2.44. The molecule has 27 heavy (non-hydrogen) atoms. The minimum Gasteiger partial charge on any atom is -0.355 e. The molecule has 1 aliphatic rings. The zero-order valence-corrected chi connectivity index (χ0v) is 16.3. The summed E-state index contributed by atoms with van der Waals surface area (Å²) in [4.78, 5) is 27.5. The van der Waals surface area contributed by atoms with Crippen LogP contribution in [0.4, 0.5) is 5.82 Å². The number of nitrogens with zero attached hydrogens (tertiary/aromatic N) is 5. The fourth-order valence-corrected chi connectivity index (χ4v) is 3.79. The number of aromatic nitrogens is 3. The second-order valence-corrected chi connectivity index (χ2v) is 7.45. The van der Waals surface area contributed by atoms with Gasteiger partial charge in [-0.05, 0) is 26.7 Å². The number of allylic oxidation sites excluding steroid dienone is 2. The maximum atomic E-state index is 13.0. The molecule has 0 saturated carbocycles. The van der Waals surface area contributed by atoms with Crippen molar-refractivity contribution in [3.05, 3.63) is 38.1 Å². The Bertz CT molecular complexity index is 1080. The van der Waals surface area contributed by atoms with Crippen molar-refractivity contribution in [3.63, 3.8) is 0 Å². The molecule has 0 aromatic carbocycles. The summed E-state index contributed by atoms with van der Waals surface area (Å²) in [5.74, 6) is 0.679. The Balaban J connectivity index is 2.44. The Labute approximate surface area is 157 Å². The Morgan fingerprint density at radius 2 is 1.96 bits per heavy atom. The summed E-state index contributed by atoms with van der Waals surface area (Å²) in [6.45, 7) is 5.81. The Kier molecular flexibility index (Phi) is 4.98. The van der Waals surface area contributed by atoms with Crippen LogP contribution < -0.4 is 21.9 Å². The van der Waals surface area contributed by atoms with E-state index in [2.05, 4.69) is 11.0 Å². The van der Waals surface area contributed by atoms with Crippen LogP contribution in [0.15, 0.2) is 21.2 Å². The van der Waals surface area contributed by atoms with Gasteiger partial charge >= 0.3 is 5.69 Å². The first-order chi connectivity index (χ1) is 12.8. The van der Waals surface area contributed by atoms with Crippen LogP contribution in [0.25, 0.3) is 11.0 Å². The van der Waals surface area contributed by atoms with E-state index in [1.807, 2.05) is 24.5 Å². The van der Waals surface area contributed by atoms with Gasteiger partial charge in [0.05, 0.1) is 5.52 Å². The van der Waals surface area contributed by atoms with E-state index in [1.165, 1.54) is 11.6 Å². The molecule has 0 amide bonds. The first-order valence-corrected chi connectivity index (χ1v) is 9.14. The van der Waals surface area contributed by atoms with Crippen molar-refractivity contribution in [1.29, 1.82) is 5.26 Å². The van der Waals surface area contributed by atoms with Gasteiger partial charge in [0.2, 0.25) is 0 Å². The molecule has 8 nitrogen and oxygen atoms in total. The predicted octanol–water partition coefficient (Wildman–Crippen LogP) is 0.804. The molecular weight excluding hydrogens is 344 g/mol. The predicted molar refractivity (Wildman–Crippen MR) is 106 cm³/mol. The fourth-order valence-electron chi connectivity index (χ4n) is 3.79. The summed E-state index contributed by atoms with van der Waals surface area (Å²) in [7, 11) is 3.06. The van der Waals surface area contributed by atoms with E-state index in [9.17, 15) is 14.9 Å². The summed E-state index contributed by atoms with van der Waals surface area (Å²) in [5, 5.41) is 9.92. The average molecular weight is 370 g/mol. The third-order valence-electron chi connectivity index (χ3n) is 5.18. The molecule has 3 rings (SSSR count). The third-order valence-corrected chi connectivity index (χ3v) is 5.18. The van der Waals surface area contributed by atoms with Gasteiger partial charge in [0.25, 0.3) is 5.56 Å². The quantitative estimate of drug-likeness (QED) is 0.806. The van der Waals surface area contributed by atoms with E-state index in [4.69, 9.17) is 5.73 Å². The molecule has 1 aliphatic heterocycles. The topological polar surface area (TPSA) is 102 Å². The molecule has 1 saturated heterocycles. The van der Waals surface area contributed by atoms with Crippen LogP contribution in [-0.4, -0.2) is 32.8 Å². The molecule has 1 fully saturated rings. The highest BCUT2D eigenvalue weighted by molar-refractivity contribution is 5.90. The summed E-state index contributed by atoms with van der Waals surface area (Å²) in [5.41, 5.74) is 7.57. The van der Waals surface area contributed by atoms with E-state index in [-0.39, 0.29) is 11.6 Å². The van der Waals surface area contributed by atoms with Crippen molar-refractivity contribution in [1.82, 2.24) is 13.7 Å². The molecule has 0 radical (unpaired) electrons.